The third-order valence-electron chi connectivity index (χ3n) is 6.25. The molecule has 9 nitrogen and oxygen atoms in total. The van der Waals surface area contributed by atoms with Gasteiger partial charge in [0.25, 0.3) is 5.91 Å². The molecule has 4 amide bonds. The highest BCUT2D eigenvalue weighted by Crippen LogP contribution is 2.29. The number of imide groups is 1. The van der Waals surface area contributed by atoms with E-state index in [1.54, 1.807) is 43.3 Å². The third kappa shape index (κ3) is 4.63. The van der Waals surface area contributed by atoms with Gasteiger partial charge in [-0.15, -0.1) is 0 Å². The van der Waals surface area contributed by atoms with Crippen molar-refractivity contribution < 1.29 is 27.5 Å². The first-order chi connectivity index (χ1) is 16.1. The minimum absolute atomic E-state index is 0.00556. The molecule has 2 aromatic rings. The monoisotopic (exact) mass is 485 g/mol. The van der Waals surface area contributed by atoms with Crippen molar-refractivity contribution in [3.05, 3.63) is 60.2 Å². The second-order valence-corrected chi connectivity index (χ2v) is 11.0. The molecule has 4 rings (SSSR count). The van der Waals surface area contributed by atoms with Gasteiger partial charge in [-0.3, -0.25) is 14.5 Å². The molecule has 34 heavy (non-hydrogen) atoms. The number of carbonyl (C=O) groups is 3. The van der Waals surface area contributed by atoms with Crippen molar-refractivity contribution in [2.24, 2.45) is 0 Å². The van der Waals surface area contributed by atoms with Crippen LogP contribution in [0.4, 0.5) is 10.5 Å². The van der Waals surface area contributed by atoms with Crippen LogP contribution in [0.1, 0.15) is 18.9 Å². The zero-order valence-corrected chi connectivity index (χ0v) is 19.9. The maximum Gasteiger partial charge on any atom is 0.325 e. The van der Waals surface area contributed by atoms with Crippen LogP contribution in [0.25, 0.3) is 0 Å². The molecule has 0 bridgehead atoms. The van der Waals surface area contributed by atoms with Crippen molar-refractivity contribution in [1.29, 1.82) is 0 Å². The number of sulfone groups is 1. The van der Waals surface area contributed by atoms with Gasteiger partial charge < -0.3 is 15.0 Å². The van der Waals surface area contributed by atoms with E-state index in [4.69, 9.17) is 4.74 Å². The van der Waals surface area contributed by atoms with Crippen molar-refractivity contribution in [2.45, 2.75) is 31.3 Å². The van der Waals surface area contributed by atoms with Gasteiger partial charge in [0.2, 0.25) is 5.91 Å². The first-order valence-electron chi connectivity index (χ1n) is 11.0. The Labute approximate surface area is 198 Å². The summed E-state index contributed by atoms with van der Waals surface area (Å²) in [6, 6.07) is 14.7. The molecule has 2 atom stereocenters. The van der Waals surface area contributed by atoms with Crippen LogP contribution in [0.2, 0.25) is 0 Å². The molecule has 0 unspecified atom stereocenters. The van der Waals surface area contributed by atoms with E-state index in [0.717, 1.165) is 10.5 Å². The molecule has 1 N–H and O–H groups in total. The van der Waals surface area contributed by atoms with E-state index in [2.05, 4.69) is 5.32 Å². The van der Waals surface area contributed by atoms with Gasteiger partial charge in [0, 0.05) is 12.1 Å². The lowest BCUT2D eigenvalue weighted by Gasteiger charge is -2.30. The van der Waals surface area contributed by atoms with Gasteiger partial charge in [0.05, 0.1) is 24.7 Å². The van der Waals surface area contributed by atoms with Gasteiger partial charge in [-0.1, -0.05) is 36.4 Å². The van der Waals surface area contributed by atoms with E-state index in [-0.39, 0.29) is 17.9 Å². The lowest BCUT2D eigenvalue weighted by Crippen LogP contribution is -2.49. The maximum atomic E-state index is 13.4. The molecule has 180 valence electrons. The molecule has 0 spiro atoms. The second-order valence-electron chi connectivity index (χ2n) is 8.80. The molecule has 2 aliphatic rings. The summed E-state index contributed by atoms with van der Waals surface area (Å²) in [5.41, 5.74) is 0.0233. The summed E-state index contributed by atoms with van der Waals surface area (Å²) in [4.78, 5) is 41.8. The summed E-state index contributed by atoms with van der Waals surface area (Å²) < 4.78 is 29.5. The Morgan fingerprint density at radius 2 is 1.82 bits per heavy atom. The topological polar surface area (TPSA) is 113 Å². The number of hydrogen-bond acceptors (Lipinski definition) is 6. The number of anilines is 1. The summed E-state index contributed by atoms with van der Waals surface area (Å²) in [7, 11) is -1.73. The predicted octanol–water partition coefficient (Wildman–Crippen LogP) is 1.77. The van der Waals surface area contributed by atoms with Crippen LogP contribution in [0.3, 0.4) is 0 Å². The number of methoxy groups -OCH3 is 1. The van der Waals surface area contributed by atoms with Crippen LogP contribution in [0.15, 0.2) is 54.6 Å². The highest BCUT2D eigenvalue weighted by atomic mass is 32.2. The number of ether oxygens (including phenoxy) is 1. The summed E-state index contributed by atoms with van der Waals surface area (Å²) >= 11 is 0. The van der Waals surface area contributed by atoms with Gasteiger partial charge in [0.1, 0.15) is 17.8 Å². The van der Waals surface area contributed by atoms with E-state index in [1.807, 2.05) is 18.2 Å². The number of amides is 4. The van der Waals surface area contributed by atoms with E-state index in [9.17, 15) is 22.8 Å². The highest BCUT2D eigenvalue weighted by Gasteiger charge is 2.49. The van der Waals surface area contributed by atoms with Gasteiger partial charge in [-0.05, 0) is 37.1 Å². The normalized spacial score (nSPS) is 23.6. The zero-order valence-electron chi connectivity index (χ0n) is 19.1. The average Bonchev–Trinajstić information content (AvgIpc) is 3.26. The van der Waals surface area contributed by atoms with Crippen molar-refractivity contribution in [3.63, 3.8) is 0 Å². The van der Waals surface area contributed by atoms with E-state index in [1.165, 1.54) is 12.0 Å². The first kappa shape index (κ1) is 23.7. The highest BCUT2D eigenvalue weighted by molar-refractivity contribution is 7.91. The Kier molecular flexibility index (Phi) is 6.35. The van der Waals surface area contributed by atoms with Crippen molar-refractivity contribution in [2.75, 3.05) is 30.1 Å². The molecule has 0 aliphatic carbocycles. The third-order valence-corrected chi connectivity index (χ3v) is 8.00. The van der Waals surface area contributed by atoms with Gasteiger partial charge in [-0.25, -0.2) is 13.2 Å². The number of nitrogens with one attached hydrogen (secondary N) is 1. The van der Waals surface area contributed by atoms with Gasteiger partial charge in [0.15, 0.2) is 9.84 Å². The summed E-state index contributed by atoms with van der Waals surface area (Å²) in [6.07, 6.45) is 0.490. The Hall–Kier alpha value is -3.40. The van der Waals surface area contributed by atoms with Crippen LogP contribution < -0.4 is 15.0 Å². The van der Waals surface area contributed by atoms with Gasteiger partial charge in [-0.2, -0.15) is 0 Å². The van der Waals surface area contributed by atoms with Crippen LogP contribution in [0.5, 0.6) is 5.75 Å². The molecule has 2 heterocycles. The Balaban J connectivity index is 1.56. The predicted molar refractivity (Wildman–Crippen MR) is 126 cm³/mol. The summed E-state index contributed by atoms with van der Waals surface area (Å²) in [5, 5.41) is 2.71. The molecule has 10 heteroatoms. The Morgan fingerprint density at radius 3 is 2.47 bits per heavy atom. The van der Waals surface area contributed by atoms with Crippen molar-refractivity contribution in [1.82, 2.24) is 10.2 Å². The lowest BCUT2D eigenvalue weighted by molar-refractivity contribution is -0.134. The average molecular weight is 486 g/mol. The van der Waals surface area contributed by atoms with Crippen LogP contribution in [0, 0.1) is 0 Å². The number of benzene rings is 2. The van der Waals surface area contributed by atoms with E-state index in [0.29, 0.717) is 17.9 Å². The van der Waals surface area contributed by atoms with Crippen molar-refractivity contribution in [3.8, 4) is 5.75 Å². The summed E-state index contributed by atoms with van der Waals surface area (Å²) in [5.74, 6) is -0.603. The number of carbonyl (C=O) groups excluding carboxylic acids is 3. The molecule has 0 saturated carbocycles. The molecule has 2 aromatic carbocycles. The molecular weight excluding hydrogens is 458 g/mol. The Morgan fingerprint density at radius 1 is 1.15 bits per heavy atom. The fraction of sp³-hybridized carbons (Fsp3) is 0.375. The Bertz CT molecular complexity index is 1220. The molecule has 2 aliphatic heterocycles. The summed E-state index contributed by atoms with van der Waals surface area (Å²) in [6.45, 7) is 1.13. The van der Waals surface area contributed by atoms with Gasteiger partial charge >= 0.3 is 6.03 Å². The molecule has 0 aromatic heterocycles. The molecule has 2 fully saturated rings. The van der Waals surface area contributed by atoms with Crippen LogP contribution in [-0.2, 0) is 25.8 Å². The minimum Gasteiger partial charge on any atom is -0.496 e. The number of para-hydroxylation sites is 2. The molecule has 2 saturated heterocycles. The lowest BCUT2D eigenvalue weighted by atomic mass is 9.92. The minimum atomic E-state index is -3.26. The van der Waals surface area contributed by atoms with Crippen LogP contribution >= 0.6 is 0 Å². The smallest absolute Gasteiger partial charge is 0.325 e. The number of rotatable bonds is 7. The zero-order chi connectivity index (χ0) is 24.5. The van der Waals surface area contributed by atoms with Crippen molar-refractivity contribution >= 4 is 33.4 Å². The quantitative estimate of drug-likeness (QED) is 0.598. The SMILES string of the molecule is COc1ccccc1C[C@]1(C)NC(=O)N(CC(=O)N(c2ccccc2)[C@H]2CCS(=O)(=O)C2)C1=O. The maximum absolute atomic E-state index is 13.4. The van der Waals surface area contributed by atoms with E-state index >= 15 is 0 Å². The first-order valence-corrected chi connectivity index (χ1v) is 12.8. The fourth-order valence-electron chi connectivity index (χ4n) is 4.58. The fourth-order valence-corrected chi connectivity index (χ4v) is 6.28. The standard InChI is InChI=1S/C24H27N3O6S/c1-24(14-17-8-6-7-11-20(17)33-2)22(29)26(23(30)25-24)15-21(28)27(18-9-4-3-5-10-18)19-12-13-34(31,32)16-19/h3-11,19H,12-16H2,1-2H3,(H,25,30)/t19-,24-/m0/s1. The molecule has 0 radical (unpaired) electrons. The largest absolute Gasteiger partial charge is 0.496 e. The van der Waals surface area contributed by atoms with E-state index < -0.39 is 45.8 Å². The number of nitrogens with zero attached hydrogens (tertiary/aromatic N) is 2. The molecular formula is C24H27N3O6S. The second kappa shape index (κ2) is 9.09. The van der Waals surface area contributed by atoms with Crippen LogP contribution in [-0.4, -0.2) is 67.9 Å². The number of urea groups is 1. The number of hydrogen-bond donors (Lipinski definition) is 1.